The summed E-state index contributed by atoms with van der Waals surface area (Å²) in [4.78, 5) is 4.47. The Bertz CT molecular complexity index is 664. The van der Waals surface area contributed by atoms with Crippen molar-refractivity contribution in [2.45, 2.75) is 18.9 Å². The summed E-state index contributed by atoms with van der Waals surface area (Å²) < 4.78 is 6.96. The van der Waals surface area contributed by atoms with Crippen LogP contribution in [0, 0.1) is 0 Å². The highest BCUT2D eigenvalue weighted by Gasteiger charge is 2.24. The average Bonchev–Trinajstić information content (AvgIpc) is 3.21. The van der Waals surface area contributed by atoms with E-state index in [1.54, 1.807) is 36.3 Å². The number of hydrogen-bond acceptors (Lipinski definition) is 4. The maximum atomic E-state index is 10.6. The van der Waals surface area contributed by atoms with Crippen LogP contribution >= 0.6 is 24.0 Å². The Morgan fingerprint density at radius 3 is 2.92 bits per heavy atom. The van der Waals surface area contributed by atoms with Gasteiger partial charge in [-0.3, -0.25) is 4.68 Å². The molecule has 2 aromatic rings. The number of aliphatic imine (C=N–C) groups is 1. The van der Waals surface area contributed by atoms with Crippen LogP contribution in [-0.2, 0) is 19.1 Å². The van der Waals surface area contributed by atoms with Crippen molar-refractivity contribution < 1.29 is 9.52 Å². The molecule has 2 aromatic heterocycles. The fourth-order valence-electron chi connectivity index (χ4n) is 2.13. The lowest BCUT2D eigenvalue weighted by molar-refractivity contribution is 0.0672. The zero-order chi connectivity index (χ0) is 17.4. The van der Waals surface area contributed by atoms with Crippen LogP contribution in [-0.4, -0.2) is 40.5 Å². The number of aromatic nitrogens is 2. The second-order valence-corrected chi connectivity index (χ2v) is 5.77. The number of guanidine groups is 1. The van der Waals surface area contributed by atoms with Crippen LogP contribution < -0.4 is 10.6 Å². The number of aliphatic hydroxyl groups is 1. The molecule has 7 nitrogen and oxygen atoms in total. The first kappa shape index (κ1) is 21.2. The van der Waals surface area contributed by atoms with Gasteiger partial charge in [0.25, 0.3) is 0 Å². The third-order valence-electron chi connectivity index (χ3n) is 3.53. The van der Waals surface area contributed by atoms with Crippen molar-refractivity contribution in [1.82, 2.24) is 20.4 Å². The van der Waals surface area contributed by atoms with Gasteiger partial charge in [-0.2, -0.15) is 5.10 Å². The average molecular weight is 459 g/mol. The highest BCUT2D eigenvalue weighted by molar-refractivity contribution is 14.0. The lowest BCUT2D eigenvalue weighted by Gasteiger charge is -2.20. The molecule has 0 fully saturated rings. The predicted molar refractivity (Wildman–Crippen MR) is 109 cm³/mol. The van der Waals surface area contributed by atoms with E-state index in [-0.39, 0.29) is 30.5 Å². The number of aryl methyl sites for hydroxylation is 1. The summed E-state index contributed by atoms with van der Waals surface area (Å²) in [5.74, 6) is 1.53. The summed E-state index contributed by atoms with van der Waals surface area (Å²) in [7, 11) is 1.82. The van der Waals surface area contributed by atoms with Crippen molar-refractivity contribution in [3.05, 3.63) is 54.8 Å². The van der Waals surface area contributed by atoms with Crippen molar-refractivity contribution >= 4 is 29.9 Å². The normalized spacial score (nSPS) is 13.6. The van der Waals surface area contributed by atoms with E-state index in [9.17, 15) is 5.11 Å². The van der Waals surface area contributed by atoms with Crippen molar-refractivity contribution in [3.8, 4) is 0 Å². The molecule has 0 spiro atoms. The molecule has 0 aliphatic heterocycles. The smallest absolute Gasteiger partial charge is 0.191 e. The number of hydrogen-bond donors (Lipinski definition) is 3. The van der Waals surface area contributed by atoms with Gasteiger partial charge < -0.3 is 20.2 Å². The largest absolute Gasteiger partial charge is 0.469 e. The molecule has 0 aromatic carbocycles. The molecule has 1 unspecified atom stereocenters. The SMILES string of the molecule is C=CCNC(=NCC(C)(O)c1cnn(C)c1)NCCc1ccco1.I. The maximum Gasteiger partial charge on any atom is 0.191 e. The molecule has 3 N–H and O–H groups in total. The van der Waals surface area contributed by atoms with Gasteiger partial charge in [0.15, 0.2) is 5.96 Å². The third kappa shape index (κ3) is 6.91. The summed E-state index contributed by atoms with van der Waals surface area (Å²) in [5.41, 5.74) is -0.356. The van der Waals surface area contributed by atoms with Gasteiger partial charge >= 0.3 is 0 Å². The van der Waals surface area contributed by atoms with Crippen molar-refractivity contribution in [2.24, 2.45) is 12.0 Å². The van der Waals surface area contributed by atoms with Crippen molar-refractivity contribution in [2.75, 3.05) is 19.6 Å². The highest BCUT2D eigenvalue weighted by Crippen LogP contribution is 2.19. The van der Waals surface area contributed by atoms with Crippen molar-refractivity contribution in [3.63, 3.8) is 0 Å². The van der Waals surface area contributed by atoms with Gasteiger partial charge in [0.2, 0.25) is 0 Å². The van der Waals surface area contributed by atoms with Crippen LogP contribution in [0.2, 0.25) is 0 Å². The van der Waals surface area contributed by atoms with Crippen LogP contribution in [0.3, 0.4) is 0 Å². The summed E-state index contributed by atoms with van der Waals surface area (Å²) >= 11 is 0. The first-order chi connectivity index (χ1) is 11.5. The summed E-state index contributed by atoms with van der Waals surface area (Å²) in [6.45, 7) is 6.89. The quantitative estimate of drug-likeness (QED) is 0.243. The molecule has 0 amide bonds. The van der Waals surface area contributed by atoms with Gasteiger partial charge in [0, 0.05) is 38.3 Å². The second kappa shape index (κ2) is 10.2. The Hall–Kier alpha value is -1.81. The zero-order valence-electron chi connectivity index (χ0n) is 14.6. The molecule has 2 heterocycles. The Kier molecular flexibility index (Phi) is 8.70. The second-order valence-electron chi connectivity index (χ2n) is 5.77. The first-order valence-corrected chi connectivity index (χ1v) is 7.88. The molecule has 0 saturated carbocycles. The summed E-state index contributed by atoms with van der Waals surface area (Å²) in [5, 5.41) is 21.0. The molecule has 0 bridgehead atoms. The molecule has 25 heavy (non-hydrogen) atoms. The van der Waals surface area contributed by atoms with Crippen LogP contribution in [0.25, 0.3) is 0 Å². The Balaban J connectivity index is 0.00000312. The molecular weight excluding hydrogens is 433 g/mol. The molecule has 0 aliphatic carbocycles. The zero-order valence-corrected chi connectivity index (χ0v) is 16.9. The van der Waals surface area contributed by atoms with E-state index in [0.717, 1.165) is 17.7 Å². The number of nitrogens with one attached hydrogen (secondary N) is 2. The number of halogens is 1. The molecule has 0 radical (unpaired) electrons. The van der Waals surface area contributed by atoms with E-state index < -0.39 is 5.60 Å². The van der Waals surface area contributed by atoms with Gasteiger partial charge in [0.05, 0.1) is 19.0 Å². The Morgan fingerprint density at radius 2 is 2.32 bits per heavy atom. The minimum atomic E-state index is -1.09. The fourth-order valence-corrected chi connectivity index (χ4v) is 2.13. The molecule has 2 rings (SSSR count). The van der Waals surface area contributed by atoms with Gasteiger partial charge in [-0.25, -0.2) is 4.99 Å². The first-order valence-electron chi connectivity index (χ1n) is 7.88. The predicted octanol–water partition coefficient (Wildman–Crippen LogP) is 1.80. The van der Waals surface area contributed by atoms with E-state index in [2.05, 4.69) is 27.3 Å². The molecule has 8 heteroatoms. The van der Waals surface area contributed by atoms with E-state index in [0.29, 0.717) is 19.0 Å². The van der Waals surface area contributed by atoms with Gasteiger partial charge in [-0.05, 0) is 19.1 Å². The number of rotatable bonds is 8. The van der Waals surface area contributed by atoms with E-state index >= 15 is 0 Å². The topological polar surface area (TPSA) is 87.6 Å². The Morgan fingerprint density at radius 1 is 1.52 bits per heavy atom. The van der Waals surface area contributed by atoms with E-state index in [1.807, 2.05) is 19.2 Å². The highest BCUT2D eigenvalue weighted by atomic mass is 127. The lowest BCUT2D eigenvalue weighted by Crippen LogP contribution is -2.39. The number of furan rings is 1. The minimum Gasteiger partial charge on any atom is -0.469 e. The van der Waals surface area contributed by atoms with Crippen LogP contribution in [0.1, 0.15) is 18.2 Å². The van der Waals surface area contributed by atoms with Crippen molar-refractivity contribution in [1.29, 1.82) is 0 Å². The summed E-state index contributed by atoms with van der Waals surface area (Å²) in [6.07, 6.45) is 7.60. The van der Waals surface area contributed by atoms with Crippen LogP contribution in [0.5, 0.6) is 0 Å². The lowest BCUT2D eigenvalue weighted by atomic mass is 10.0. The third-order valence-corrected chi connectivity index (χ3v) is 3.53. The molecule has 0 aliphatic rings. The maximum absolute atomic E-state index is 10.6. The van der Waals surface area contributed by atoms with Crippen LogP contribution in [0.4, 0.5) is 0 Å². The molecule has 138 valence electrons. The fraction of sp³-hybridized carbons (Fsp3) is 0.412. The Labute approximate surface area is 165 Å². The summed E-state index contributed by atoms with van der Waals surface area (Å²) in [6, 6.07) is 3.80. The monoisotopic (exact) mass is 459 g/mol. The molecule has 0 saturated heterocycles. The minimum absolute atomic E-state index is 0. The van der Waals surface area contributed by atoms with Gasteiger partial charge in [0.1, 0.15) is 11.4 Å². The van der Waals surface area contributed by atoms with E-state index in [1.165, 1.54) is 0 Å². The van der Waals surface area contributed by atoms with Gasteiger partial charge in [-0.1, -0.05) is 6.08 Å². The standard InChI is InChI=1S/C17H25N5O2.HI/c1-4-8-18-16(19-9-7-15-6-5-10-24-15)20-13-17(2,23)14-11-21-22(3)12-14;/h4-6,10-12,23H,1,7-9,13H2,2-3H3,(H2,18,19,20);1H. The van der Waals surface area contributed by atoms with Crippen LogP contribution in [0.15, 0.2) is 52.9 Å². The molecule has 1 atom stereocenters. The van der Waals surface area contributed by atoms with E-state index in [4.69, 9.17) is 4.42 Å². The van der Waals surface area contributed by atoms with Gasteiger partial charge in [-0.15, -0.1) is 30.6 Å². The number of nitrogens with zero attached hydrogens (tertiary/aromatic N) is 3. The molecular formula is C17H26IN5O2.